The molecule has 0 radical (unpaired) electrons. The molecular weight excluding hydrogens is 352 g/mol. The number of carboxylic acid groups (broad SMARTS) is 1. The van der Waals surface area contributed by atoms with Gasteiger partial charge in [-0.2, -0.15) is 4.98 Å². The van der Waals surface area contributed by atoms with Crippen molar-refractivity contribution in [3.63, 3.8) is 0 Å². The minimum Gasteiger partial charge on any atom is -0.477 e. The molecule has 2 aliphatic rings. The highest BCUT2D eigenvalue weighted by molar-refractivity contribution is 7.14. The SMILES string of the molecule is CCNc1ccnc(N2CCC3(CC2)OCCc2sc(C(=O)O)cc23)n1. The van der Waals surface area contributed by atoms with E-state index in [2.05, 4.69) is 20.2 Å². The summed E-state index contributed by atoms with van der Waals surface area (Å²) in [6.07, 6.45) is 4.19. The van der Waals surface area contributed by atoms with Crippen LogP contribution >= 0.6 is 11.3 Å². The average Bonchev–Trinajstić information content (AvgIpc) is 3.09. The molecule has 1 fully saturated rings. The summed E-state index contributed by atoms with van der Waals surface area (Å²) >= 11 is 1.39. The number of anilines is 2. The molecule has 8 heteroatoms. The Bertz CT molecular complexity index is 815. The smallest absolute Gasteiger partial charge is 0.345 e. The first-order valence-corrected chi connectivity index (χ1v) is 9.75. The first kappa shape index (κ1) is 17.2. The number of piperidine rings is 1. The maximum atomic E-state index is 11.4. The second kappa shape index (κ2) is 6.85. The largest absolute Gasteiger partial charge is 0.477 e. The van der Waals surface area contributed by atoms with Crippen LogP contribution in [0.1, 0.15) is 39.9 Å². The number of hydrogen-bond donors (Lipinski definition) is 2. The zero-order valence-corrected chi connectivity index (χ0v) is 15.5. The van der Waals surface area contributed by atoms with Crippen LogP contribution in [-0.4, -0.2) is 47.3 Å². The van der Waals surface area contributed by atoms with Gasteiger partial charge in [0.25, 0.3) is 0 Å². The molecule has 0 bridgehead atoms. The molecule has 1 saturated heterocycles. The normalized spacial score (nSPS) is 18.6. The summed E-state index contributed by atoms with van der Waals surface area (Å²) in [5.74, 6) is 0.703. The third-order valence-electron chi connectivity index (χ3n) is 5.07. The minimum absolute atomic E-state index is 0.367. The number of nitrogens with zero attached hydrogens (tertiary/aromatic N) is 3. The Hall–Kier alpha value is -2.19. The van der Waals surface area contributed by atoms with Gasteiger partial charge >= 0.3 is 5.97 Å². The van der Waals surface area contributed by atoms with Crippen molar-refractivity contribution < 1.29 is 14.6 Å². The predicted octanol–water partition coefficient (Wildman–Crippen LogP) is 2.74. The van der Waals surface area contributed by atoms with Gasteiger partial charge in [0.15, 0.2) is 0 Å². The van der Waals surface area contributed by atoms with Crippen LogP contribution in [0.2, 0.25) is 0 Å². The summed E-state index contributed by atoms with van der Waals surface area (Å²) in [6.45, 7) is 5.08. The van der Waals surface area contributed by atoms with Crippen molar-refractivity contribution in [2.75, 3.05) is 36.5 Å². The molecule has 2 aromatic heterocycles. The lowest BCUT2D eigenvalue weighted by Gasteiger charge is -2.44. The van der Waals surface area contributed by atoms with Gasteiger partial charge in [0.1, 0.15) is 10.7 Å². The maximum absolute atomic E-state index is 11.4. The minimum atomic E-state index is -0.856. The average molecular weight is 374 g/mol. The van der Waals surface area contributed by atoms with Crippen LogP contribution in [0.4, 0.5) is 11.8 Å². The molecule has 4 heterocycles. The van der Waals surface area contributed by atoms with Gasteiger partial charge in [-0.15, -0.1) is 11.3 Å². The number of carbonyl (C=O) groups is 1. The van der Waals surface area contributed by atoms with Crippen molar-refractivity contribution >= 4 is 29.1 Å². The van der Waals surface area contributed by atoms with Gasteiger partial charge in [-0.3, -0.25) is 0 Å². The quantitative estimate of drug-likeness (QED) is 0.851. The summed E-state index contributed by atoms with van der Waals surface area (Å²) in [5.41, 5.74) is 0.709. The van der Waals surface area contributed by atoms with E-state index in [4.69, 9.17) is 4.74 Å². The van der Waals surface area contributed by atoms with Crippen molar-refractivity contribution in [1.82, 2.24) is 9.97 Å². The molecule has 7 nitrogen and oxygen atoms in total. The van der Waals surface area contributed by atoms with Crippen LogP contribution in [0, 0.1) is 0 Å². The first-order valence-electron chi connectivity index (χ1n) is 8.93. The van der Waals surface area contributed by atoms with Crippen molar-refractivity contribution in [3.05, 3.63) is 33.6 Å². The Kier molecular flexibility index (Phi) is 4.54. The molecule has 138 valence electrons. The Morgan fingerprint density at radius 1 is 1.46 bits per heavy atom. The second-order valence-corrected chi connectivity index (χ2v) is 7.74. The highest BCUT2D eigenvalue weighted by atomic mass is 32.1. The second-order valence-electron chi connectivity index (χ2n) is 6.60. The third-order valence-corrected chi connectivity index (χ3v) is 6.26. The fraction of sp³-hybridized carbons (Fsp3) is 0.500. The van der Waals surface area contributed by atoms with Crippen LogP contribution in [-0.2, 0) is 16.8 Å². The van der Waals surface area contributed by atoms with E-state index in [0.717, 1.165) is 61.1 Å². The summed E-state index contributed by atoms with van der Waals surface area (Å²) in [4.78, 5) is 24.1. The number of nitrogens with one attached hydrogen (secondary N) is 1. The monoisotopic (exact) mass is 374 g/mol. The van der Waals surface area contributed by atoms with Gasteiger partial charge in [-0.1, -0.05) is 0 Å². The molecule has 0 atom stereocenters. The van der Waals surface area contributed by atoms with Gasteiger partial charge in [-0.05, 0) is 37.5 Å². The number of carboxylic acids is 1. The number of aromatic nitrogens is 2. The molecular formula is C18H22N4O3S. The number of rotatable bonds is 4. The van der Waals surface area contributed by atoms with Gasteiger partial charge in [-0.25, -0.2) is 9.78 Å². The van der Waals surface area contributed by atoms with Crippen LogP contribution in [0.15, 0.2) is 18.3 Å². The highest BCUT2D eigenvalue weighted by Gasteiger charge is 2.42. The lowest BCUT2D eigenvalue weighted by atomic mass is 9.82. The zero-order chi connectivity index (χ0) is 18.1. The predicted molar refractivity (Wildman–Crippen MR) is 100 cm³/mol. The Labute approximate surface area is 156 Å². The Morgan fingerprint density at radius 3 is 3.00 bits per heavy atom. The number of aromatic carboxylic acids is 1. The zero-order valence-electron chi connectivity index (χ0n) is 14.7. The van der Waals surface area contributed by atoms with E-state index >= 15 is 0 Å². The van der Waals surface area contributed by atoms with E-state index in [9.17, 15) is 9.90 Å². The standard InChI is InChI=1S/C18H22N4O3S/c1-2-19-15-3-7-20-17(21-15)22-8-5-18(6-9-22)12-11-14(16(23)24)26-13(12)4-10-25-18/h3,7,11H,2,4-6,8-10H2,1H3,(H,23,24)(H,19,20,21). The van der Waals surface area contributed by atoms with E-state index in [0.29, 0.717) is 11.5 Å². The van der Waals surface area contributed by atoms with Crippen LogP contribution in [0.3, 0.4) is 0 Å². The third kappa shape index (κ3) is 3.03. The molecule has 4 rings (SSSR count). The molecule has 2 N–H and O–H groups in total. The molecule has 0 saturated carbocycles. The summed E-state index contributed by atoms with van der Waals surface area (Å²) < 4.78 is 6.21. The highest BCUT2D eigenvalue weighted by Crippen LogP contribution is 2.44. The molecule has 0 amide bonds. The van der Waals surface area contributed by atoms with Gasteiger partial charge in [0.2, 0.25) is 5.95 Å². The molecule has 26 heavy (non-hydrogen) atoms. The number of hydrogen-bond acceptors (Lipinski definition) is 7. The van der Waals surface area contributed by atoms with Gasteiger partial charge < -0.3 is 20.1 Å². The topological polar surface area (TPSA) is 87.6 Å². The van der Waals surface area contributed by atoms with Crippen molar-refractivity contribution in [3.8, 4) is 0 Å². The molecule has 0 unspecified atom stereocenters. The number of thiophene rings is 1. The van der Waals surface area contributed by atoms with E-state index < -0.39 is 5.97 Å². The summed E-state index contributed by atoms with van der Waals surface area (Å²) in [5, 5.41) is 12.5. The maximum Gasteiger partial charge on any atom is 0.345 e. The van der Waals surface area contributed by atoms with Crippen molar-refractivity contribution in [2.24, 2.45) is 0 Å². The molecule has 0 aliphatic carbocycles. The van der Waals surface area contributed by atoms with E-state index in [-0.39, 0.29) is 5.60 Å². The van der Waals surface area contributed by atoms with Gasteiger partial charge in [0.05, 0.1) is 12.2 Å². The van der Waals surface area contributed by atoms with E-state index in [1.54, 1.807) is 6.20 Å². The molecule has 1 spiro atoms. The molecule has 2 aromatic rings. The van der Waals surface area contributed by atoms with Crippen LogP contribution in [0.25, 0.3) is 0 Å². The summed E-state index contributed by atoms with van der Waals surface area (Å²) in [6, 6.07) is 3.69. The van der Waals surface area contributed by atoms with Crippen molar-refractivity contribution in [2.45, 2.75) is 31.8 Å². The van der Waals surface area contributed by atoms with Crippen LogP contribution < -0.4 is 10.2 Å². The fourth-order valence-corrected chi connectivity index (χ4v) is 4.85. The molecule has 2 aliphatic heterocycles. The number of fused-ring (bicyclic) bond motifs is 2. The fourth-order valence-electron chi connectivity index (χ4n) is 3.78. The van der Waals surface area contributed by atoms with E-state index in [1.807, 2.05) is 19.1 Å². The Balaban J connectivity index is 1.54. The summed E-state index contributed by atoms with van der Waals surface area (Å²) in [7, 11) is 0. The van der Waals surface area contributed by atoms with E-state index in [1.165, 1.54) is 11.3 Å². The van der Waals surface area contributed by atoms with Crippen molar-refractivity contribution in [1.29, 1.82) is 0 Å². The first-order chi connectivity index (χ1) is 12.6. The van der Waals surface area contributed by atoms with Gasteiger partial charge in [0, 0.05) is 37.1 Å². The lowest BCUT2D eigenvalue weighted by molar-refractivity contribution is -0.0758. The van der Waals surface area contributed by atoms with Crippen LogP contribution in [0.5, 0.6) is 0 Å². The number of ether oxygens (including phenoxy) is 1. The lowest BCUT2D eigenvalue weighted by Crippen LogP contribution is -2.46. The molecule has 0 aromatic carbocycles. The Morgan fingerprint density at radius 2 is 2.27 bits per heavy atom.